The molecule has 1 aromatic carbocycles. The Hall–Kier alpha value is -3.02. The van der Waals surface area contributed by atoms with Gasteiger partial charge in [-0.15, -0.1) is 0 Å². The topological polar surface area (TPSA) is 72.7 Å². The minimum Gasteiger partial charge on any atom is -0.352 e. The maximum atomic E-state index is 12.4. The molecule has 25 heavy (non-hydrogen) atoms. The Morgan fingerprint density at radius 1 is 1.12 bits per heavy atom. The van der Waals surface area contributed by atoms with Gasteiger partial charge in [0.15, 0.2) is 5.82 Å². The smallest absolute Gasteiger partial charge is 0.251 e. The summed E-state index contributed by atoms with van der Waals surface area (Å²) in [5, 5.41) is 7.19. The van der Waals surface area contributed by atoms with Crippen LogP contribution in [0.3, 0.4) is 0 Å². The molecule has 0 unspecified atom stereocenters. The van der Waals surface area contributed by atoms with Crippen molar-refractivity contribution in [2.75, 3.05) is 6.54 Å². The lowest BCUT2D eigenvalue weighted by atomic mass is 10.1. The number of carbonyl (C=O) groups is 1. The Bertz CT molecular complexity index is 900. The van der Waals surface area contributed by atoms with E-state index < -0.39 is 0 Å². The zero-order valence-corrected chi connectivity index (χ0v) is 14.7. The van der Waals surface area contributed by atoms with Crippen LogP contribution in [0.2, 0.25) is 0 Å². The Morgan fingerprint density at radius 3 is 2.64 bits per heavy atom. The minimum absolute atomic E-state index is 0.103. The molecule has 2 aromatic heterocycles. The van der Waals surface area contributed by atoms with E-state index in [1.165, 1.54) is 0 Å². The van der Waals surface area contributed by atoms with E-state index in [1.807, 2.05) is 57.3 Å². The van der Waals surface area contributed by atoms with E-state index in [1.54, 1.807) is 10.7 Å². The number of nitrogens with zero attached hydrogens (tertiary/aromatic N) is 4. The third-order valence-electron chi connectivity index (χ3n) is 3.86. The number of aryl methyl sites for hydroxylation is 3. The predicted molar refractivity (Wildman–Crippen MR) is 96.2 cm³/mol. The number of benzene rings is 1. The van der Waals surface area contributed by atoms with E-state index in [2.05, 4.69) is 20.4 Å². The number of carbonyl (C=O) groups excluding carboxylic acids is 1. The molecule has 6 nitrogen and oxygen atoms in total. The molecule has 0 bridgehead atoms. The molecule has 0 radical (unpaired) electrons. The summed E-state index contributed by atoms with van der Waals surface area (Å²) in [6, 6.07) is 13.3. The third-order valence-corrected chi connectivity index (χ3v) is 3.86. The summed E-state index contributed by atoms with van der Waals surface area (Å²) in [7, 11) is 1.84. The average molecular weight is 335 g/mol. The zero-order chi connectivity index (χ0) is 17.8. The van der Waals surface area contributed by atoms with Gasteiger partial charge < -0.3 is 5.32 Å². The summed E-state index contributed by atoms with van der Waals surface area (Å²) in [6.07, 6.45) is 0.704. The van der Waals surface area contributed by atoms with Crippen LogP contribution < -0.4 is 5.32 Å². The van der Waals surface area contributed by atoms with Crippen LogP contribution in [-0.2, 0) is 13.5 Å². The summed E-state index contributed by atoms with van der Waals surface area (Å²) in [6.45, 7) is 4.35. The first-order valence-corrected chi connectivity index (χ1v) is 8.22. The maximum Gasteiger partial charge on any atom is 0.251 e. The number of aromatic nitrogens is 4. The van der Waals surface area contributed by atoms with E-state index in [0.717, 1.165) is 22.8 Å². The van der Waals surface area contributed by atoms with Crippen molar-refractivity contribution in [3.63, 3.8) is 0 Å². The second-order valence-electron chi connectivity index (χ2n) is 5.96. The van der Waals surface area contributed by atoms with Gasteiger partial charge in [-0.05, 0) is 38.1 Å². The highest BCUT2D eigenvalue weighted by Gasteiger charge is 2.11. The molecule has 0 fully saturated rings. The molecular formula is C19H21N5O. The first-order chi connectivity index (χ1) is 12.0. The van der Waals surface area contributed by atoms with Crippen molar-refractivity contribution in [3.8, 4) is 11.4 Å². The molecule has 6 heteroatoms. The van der Waals surface area contributed by atoms with E-state index in [-0.39, 0.29) is 5.91 Å². The lowest BCUT2D eigenvalue weighted by Gasteiger charge is -2.07. The van der Waals surface area contributed by atoms with E-state index in [0.29, 0.717) is 24.4 Å². The van der Waals surface area contributed by atoms with Gasteiger partial charge in [-0.2, -0.15) is 5.10 Å². The summed E-state index contributed by atoms with van der Waals surface area (Å²) in [5.41, 5.74) is 3.44. The fraction of sp³-hybridized carbons (Fsp3) is 0.263. The van der Waals surface area contributed by atoms with Crippen LogP contribution in [0, 0.1) is 13.8 Å². The molecule has 0 saturated heterocycles. The van der Waals surface area contributed by atoms with Gasteiger partial charge in [-0.25, -0.2) is 9.67 Å². The van der Waals surface area contributed by atoms with Gasteiger partial charge in [0.2, 0.25) is 0 Å². The van der Waals surface area contributed by atoms with Crippen LogP contribution in [0.25, 0.3) is 11.4 Å². The zero-order valence-electron chi connectivity index (χ0n) is 14.7. The van der Waals surface area contributed by atoms with Crippen molar-refractivity contribution in [1.29, 1.82) is 0 Å². The van der Waals surface area contributed by atoms with Crippen molar-refractivity contribution in [2.45, 2.75) is 20.3 Å². The largest absolute Gasteiger partial charge is 0.352 e. The van der Waals surface area contributed by atoms with Gasteiger partial charge in [0, 0.05) is 42.5 Å². The molecule has 0 aliphatic heterocycles. The Morgan fingerprint density at radius 2 is 1.92 bits per heavy atom. The number of pyridine rings is 1. The van der Waals surface area contributed by atoms with Gasteiger partial charge in [0.1, 0.15) is 5.82 Å². The van der Waals surface area contributed by atoms with Crippen molar-refractivity contribution in [2.24, 2.45) is 7.05 Å². The highest BCUT2D eigenvalue weighted by molar-refractivity contribution is 5.95. The lowest BCUT2D eigenvalue weighted by Crippen LogP contribution is -2.26. The van der Waals surface area contributed by atoms with Crippen LogP contribution in [-0.4, -0.2) is 32.2 Å². The monoisotopic (exact) mass is 335 g/mol. The van der Waals surface area contributed by atoms with Crippen molar-refractivity contribution >= 4 is 5.91 Å². The lowest BCUT2D eigenvalue weighted by molar-refractivity contribution is 0.0954. The third kappa shape index (κ3) is 4.09. The second-order valence-corrected chi connectivity index (χ2v) is 5.96. The second kappa shape index (κ2) is 7.25. The molecule has 2 heterocycles. The quantitative estimate of drug-likeness (QED) is 0.777. The van der Waals surface area contributed by atoms with Gasteiger partial charge in [-0.1, -0.05) is 18.2 Å². The van der Waals surface area contributed by atoms with E-state index >= 15 is 0 Å². The molecule has 0 aliphatic carbocycles. The molecular weight excluding hydrogens is 314 g/mol. The molecule has 128 valence electrons. The standard InChI is InChI=1S/C19H21N5O/c1-13-6-4-9-17(21-13)10-11-20-19(25)16-8-5-7-15(12-16)18-22-14(2)23-24(18)3/h4-9,12H,10-11H2,1-3H3,(H,20,25). The number of nitrogens with one attached hydrogen (secondary N) is 1. The molecule has 1 amide bonds. The Kier molecular flexibility index (Phi) is 4.88. The minimum atomic E-state index is -0.103. The first kappa shape index (κ1) is 16.8. The molecule has 0 aliphatic rings. The summed E-state index contributed by atoms with van der Waals surface area (Å²) in [4.78, 5) is 21.2. The Balaban J connectivity index is 1.66. The molecule has 3 rings (SSSR count). The van der Waals surface area contributed by atoms with E-state index in [4.69, 9.17) is 0 Å². The summed E-state index contributed by atoms with van der Waals surface area (Å²) < 4.78 is 1.72. The average Bonchev–Trinajstić information content (AvgIpc) is 2.93. The van der Waals surface area contributed by atoms with Gasteiger partial charge in [-0.3, -0.25) is 9.78 Å². The maximum absolute atomic E-state index is 12.4. The fourth-order valence-electron chi connectivity index (χ4n) is 2.71. The first-order valence-electron chi connectivity index (χ1n) is 8.22. The molecule has 3 aromatic rings. The van der Waals surface area contributed by atoms with Gasteiger partial charge in [0.05, 0.1) is 0 Å². The van der Waals surface area contributed by atoms with Crippen LogP contribution in [0.15, 0.2) is 42.5 Å². The van der Waals surface area contributed by atoms with Crippen LogP contribution in [0.5, 0.6) is 0 Å². The molecule has 1 N–H and O–H groups in total. The number of hydrogen-bond donors (Lipinski definition) is 1. The van der Waals surface area contributed by atoms with E-state index in [9.17, 15) is 4.79 Å². The summed E-state index contributed by atoms with van der Waals surface area (Å²) in [5.74, 6) is 1.35. The molecule has 0 atom stereocenters. The van der Waals surface area contributed by atoms with Gasteiger partial charge in [0.25, 0.3) is 5.91 Å². The summed E-state index contributed by atoms with van der Waals surface area (Å²) >= 11 is 0. The van der Waals surface area contributed by atoms with Crippen molar-refractivity contribution < 1.29 is 4.79 Å². The number of hydrogen-bond acceptors (Lipinski definition) is 4. The molecule has 0 saturated carbocycles. The van der Waals surface area contributed by atoms with Crippen molar-refractivity contribution in [3.05, 3.63) is 65.2 Å². The molecule has 0 spiro atoms. The number of amides is 1. The van der Waals surface area contributed by atoms with Crippen LogP contribution in [0.1, 0.15) is 27.6 Å². The highest BCUT2D eigenvalue weighted by atomic mass is 16.1. The predicted octanol–water partition coefficient (Wildman–Crippen LogP) is 2.47. The fourth-order valence-corrected chi connectivity index (χ4v) is 2.71. The Labute approximate surface area is 146 Å². The highest BCUT2D eigenvalue weighted by Crippen LogP contribution is 2.18. The van der Waals surface area contributed by atoms with Crippen LogP contribution >= 0.6 is 0 Å². The SMILES string of the molecule is Cc1cccc(CCNC(=O)c2cccc(-c3nc(C)nn3C)c2)n1. The van der Waals surface area contributed by atoms with Crippen LogP contribution in [0.4, 0.5) is 0 Å². The normalized spacial score (nSPS) is 10.7. The number of rotatable bonds is 5. The van der Waals surface area contributed by atoms with Crippen molar-refractivity contribution in [1.82, 2.24) is 25.1 Å². The van der Waals surface area contributed by atoms with Gasteiger partial charge >= 0.3 is 0 Å².